The summed E-state index contributed by atoms with van der Waals surface area (Å²) in [4.78, 5) is 0. The quantitative estimate of drug-likeness (QED) is 0.896. The Kier molecular flexibility index (Phi) is 4.30. The molecule has 2 atom stereocenters. The lowest BCUT2D eigenvalue weighted by atomic mass is 9.73. The van der Waals surface area contributed by atoms with E-state index in [4.69, 9.17) is 4.74 Å². The molecule has 1 fully saturated rings. The number of benzene rings is 1. The third-order valence-corrected chi connectivity index (χ3v) is 5.48. The van der Waals surface area contributed by atoms with Crippen molar-refractivity contribution in [2.24, 2.45) is 11.8 Å². The van der Waals surface area contributed by atoms with Gasteiger partial charge in [-0.05, 0) is 37.8 Å². The van der Waals surface area contributed by atoms with E-state index in [0.717, 1.165) is 24.2 Å². The number of hydrogen-bond acceptors (Lipinski definition) is 2. The molecule has 2 aliphatic rings. The molecule has 0 bridgehead atoms. The number of hydrogen-bond donors (Lipinski definition) is 1. The number of fused-ring (bicyclic) bond motifs is 1. The van der Waals surface area contributed by atoms with Crippen LogP contribution in [0.15, 0.2) is 24.3 Å². The molecule has 110 valence electrons. The lowest BCUT2D eigenvalue weighted by molar-refractivity contribution is 0.190. The summed E-state index contributed by atoms with van der Waals surface area (Å²) in [6.07, 6.45) is 6.93. The van der Waals surface area contributed by atoms with Gasteiger partial charge in [0.15, 0.2) is 0 Å². The molecule has 1 aromatic carbocycles. The Balaban J connectivity index is 1.72. The first kappa shape index (κ1) is 13.9. The lowest BCUT2D eigenvalue weighted by Crippen LogP contribution is -2.41. The first-order valence-electron chi connectivity index (χ1n) is 8.22. The molecule has 0 saturated heterocycles. The SMILES string of the molecule is CCC1CCC(C(NC)C2COc3ccccc32)CC1. The normalized spacial score (nSPS) is 30.6. The summed E-state index contributed by atoms with van der Waals surface area (Å²) in [6, 6.07) is 9.13. The van der Waals surface area contributed by atoms with Gasteiger partial charge in [-0.1, -0.05) is 44.4 Å². The van der Waals surface area contributed by atoms with Crippen molar-refractivity contribution in [2.45, 2.75) is 51.0 Å². The Morgan fingerprint density at radius 3 is 2.65 bits per heavy atom. The van der Waals surface area contributed by atoms with Gasteiger partial charge in [0.2, 0.25) is 0 Å². The first-order valence-corrected chi connectivity index (χ1v) is 8.22. The molecule has 0 radical (unpaired) electrons. The number of nitrogens with one attached hydrogen (secondary N) is 1. The van der Waals surface area contributed by atoms with Gasteiger partial charge in [0.1, 0.15) is 5.75 Å². The molecule has 1 aromatic rings. The van der Waals surface area contributed by atoms with Gasteiger partial charge in [-0.25, -0.2) is 0 Å². The smallest absolute Gasteiger partial charge is 0.122 e. The fraction of sp³-hybridized carbons (Fsp3) is 0.667. The highest BCUT2D eigenvalue weighted by Crippen LogP contribution is 2.41. The minimum Gasteiger partial charge on any atom is -0.493 e. The highest BCUT2D eigenvalue weighted by Gasteiger charge is 2.36. The predicted octanol–water partition coefficient (Wildman–Crippen LogP) is 3.97. The van der Waals surface area contributed by atoms with Crippen LogP contribution in [0.3, 0.4) is 0 Å². The summed E-state index contributed by atoms with van der Waals surface area (Å²) < 4.78 is 5.89. The van der Waals surface area contributed by atoms with Gasteiger partial charge < -0.3 is 10.1 Å². The standard InChI is InChI=1S/C18H27NO/c1-3-13-8-10-14(11-9-13)18(19-2)16-12-20-17-7-5-4-6-15(16)17/h4-7,13-14,16,18-19H,3,8-12H2,1-2H3. The van der Waals surface area contributed by atoms with Crippen molar-refractivity contribution in [3.63, 3.8) is 0 Å². The number of likely N-dealkylation sites (N-methyl/N-ethyl adjacent to an activating group) is 1. The topological polar surface area (TPSA) is 21.3 Å². The van der Waals surface area contributed by atoms with Crippen LogP contribution in [-0.4, -0.2) is 19.7 Å². The molecular formula is C18H27NO. The van der Waals surface area contributed by atoms with Gasteiger partial charge in [0.05, 0.1) is 6.61 Å². The van der Waals surface area contributed by atoms with E-state index in [1.54, 1.807) is 0 Å². The third kappa shape index (κ3) is 2.58. The van der Waals surface area contributed by atoms with Gasteiger partial charge >= 0.3 is 0 Å². The molecule has 1 N–H and O–H groups in total. The maximum atomic E-state index is 5.89. The summed E-state index contributed by atoms with van der Waals surface area (Å²) in [5.41, 5.74) is 1.41. The van der Waals surface area contributed by atoms with Crippen LogP contribution in [0.25, 0.3) is 0 Å². The van der Waals surface area contributed by atoms with E-state index in [1.165, 1.54) is 37.7 Å². The average Bonchev–Trinajstić information content (AvgIpc) is 2.93. The third-order valence-electron chi connectivity index (χ3n) is 5.48. The maximum Gasteiger partial charge on any atom is 0.122 e. The second-order valence-electron chi connectivity index (χ2n) is 6.46. The largest absolute Gasteiger partial charge is 0.493 e. The number of ether oxygens (including phenoxy) is 1. The van der Waals surface area contributed by atoms with Crippen LogP contribution in [0.4, 0.5) is 0 Å². The van der Waals surface area contributed by atoms with E-state index in [-0.39, 0.29) is 0 Å². The Morgan fingerprint density at radius 2 is 1.95 bits per heavy atom. The summed E-state index contributed by atoms with van der Waals surface area (Å²) in [6.45, 7) is 3.18. The molecule has 0 spiro atoms. The van der Waals surface area contributed by atoms with Gasteiger partial charge in [-0.15, -0.1) is 0 Å². The van der Waals surface area contributed by atoms with E-state index in [1.807, 2.05) is 0 Å². The molecule has 20 heavy (non-hydrogen) atoms. The van der Waals surface area contributed by atoms with Crippen LogP contribution >= 0.6 is 0 Å². The molecular weight excluding hydrogens is 246 g/mol. The summed E-state index contributed by atoms with van der Waals surface area (Å²) >= 11 is 0. The highest BCUT2D eigenvalue weighted by atomic mass is 16.5. The van der Waals surface area contributed by atoms with Crippen LogP contribution in [0.1, 0.15) is 50.5 Å². The second kappa shape index (κ2) is 6.17. The van der Waals surface area contributed by atoms with Crippen molar-refractivity contribution in [2.75, 3.05) is 13.7 Å². The zero-order valence-electron chi connectivity index (χ0n) is 12.8. The summed E-state index contributed by atoms with van der Waals surface area (Å²) in [7, 11) is 2.12. The fourth-order valence-electron chi connectivity index (χ4n) is 4.21. The van der Waals surface area contributed by atoms with Gasteiger partial charge in [0.25, 0.3) is 0 Å². The minimum atomic E-state index is 0.527. The molecule has 2 nitrogen and oxygen atoms in total. The number of para-hydroxylation sites is 1. The van der Waals surface area contributed by atoms with Crippen molar-refractivity contribution >= 4 is 0 Å². The summed E-state index contributed by atoms with van der Waals surface area (Å²) in [5, 5.41) is 3.61. The molecule has 1 aliphatic carbocycles. The highest BCUT2D eigenvalue weighted by molar-refractivity contribution is 5.40. The Morgan fingerprint density at radius 1 is 1.20 bits per heavy atom. The second-order valence-corrected chi connectivity index (χ2v) is 6.46. The molecule has 2 unspecified atom stereocenters. The first-order chi connectivity index (χ1) is 9.83. The van der Waals surface area contributed by atoms with Crippen molar-refractivity contribution in [3.8, 4) is 5.75 Å². The predicted molar refractivity (Wildman–Crippen MR) is 83.3 cm³/mol. The van der Waals surface area contributed by atoms with Crippen LogP contribution in [0, 0.1) is 11.8 Å². The molecule has 0 amide bonds. The van der Waals surface area contributed by atoms with Gasteiger partial charge in [-0.3, -0.25) is 0 Å². The summed E-state index contributed by atoms with van der Waals surface area (Å²) in [5.74, 6) is 3.40. The Bertz CT molecular complexity index is 437. The number of rotatable bonds is 4. The molecule has 1 saturated carbocycles. The molecule has 2 heteroatoms. The Labute approximate surface area is 122 Å². The van der Waals surface area contributed by atoms with Crippen LogP contribution in [0.5, 0.6) is 5.75 Å². The van der Waals surface area contributed by atoms with Crippen molar-refractivity contribution in [1.82, 2.24) is 5.32 Å². The van der Waals surface area contributed by atoms with E-state index < -0.39 is 0 Å². The lowest BCUT2D eigenvalue weighted by Gasteiger charge is -2.36. The van der Waals surface area contributed by atoms with Gasteiger partial charge in [-0.2, -0.15) is 0 Å². The monoisotopic (exact) mass is 273 g/mol. The molecule has 3 rings (SSSR count). The maximum absolute atomic E-state index is 5.89. The molecule has 1 heterocycles. The minimum absolute atomic E-state index is 0.527. The van der Waals surface area contributed by atoms with E-state index in [2.05, 4.69) is 43.6 Å². The van der Waals surface area contributed by atoms with E-state index >= 15 is 0 Å². The van der Waals surface area contributed by atoms with Crippen LogP contribution < -0.4 is 10.1 Å². The molecule has 0 aromatic heterocycles. The van der Waals surface area contributed by atoms with Crippen molar-refractivity contribution in [1.29, 1.82) is 0 Å². The van der Waals surface area contributed by atoms with Crippen LogP contribution in [-0.2, 0) is 0 Å². The van der Waals surface area contributed by atoms with Crippen LogP contribution in [0.2, 0.25) is 0 Å². The molecule has 1 aliphatic heterocycles. The zero-order chi connectivity index (χ0) is 13.9. The van der Waals surface area contributed by atoms with Crippen molar-refractivity contribution < 1.29 is 4.74 Å². The zero-order valence-corrected chi connectivity index (χ0v) is 12.8. The van der Waals surface area contributed by atoms with Crippen molar-refractivity contribution in [3.05, 3.63) is 29.8 Å². The van der Waals surface area contributed by atoms with E-state index in [0.29, 0.717) is 12.0 Å². The Hall–Kier alpha value is -1.02. The fourth-order valence-corrected chi connectivity index (χ4v) is 4.21. The average molecular weight is 273 g/mol. The van der Waals surface area contributed by atoms with Gasteiger partial charge in [0, 0.05) is 17.5 Å². The van der Waals surface area contributed by atoms with E-state index in [9.17, 15) is 0 Å².